The summed E-state index contributed by atoms with van der Waals surface area (Å²) < 4.78 is 21.2. The number of anilines is 3. The number of ether oxygens (including phenoxy) is 1. The number of piperazine rings is 1. The van der Waals surface area contributed by atoms with Crippen molar-refractivity contribution >= 4 is 35.0 Å². The molecule has 3 N–H and O–H groups in total. The highest BCUT2D eigenvalue weighted by atomic mass is 32.2. The van der Waals surface area contributed by atoms with Crippen molar-refractivity contribution < 1.29 is 13.9 Å². The number of hydrogen-bond acceptors (Lipinski definition) is 8. The third-order valence-corrected chi connectivity index (χ3v) is 9.79. The number of carbonyl (C=O) groups excluding carboxylic acids is 1. The lowest BCUT2D eigenvalue weighted by molar-refractivity contribution is -0.125. The fourth-order valence-electron chi connectivity index (χ4n) is 6.67. The van der Waals surface area contributed by atoms with Crippen molar-refractivity contribution in [3.8, 4) is 5.75 Å². The van der Waals surface area contributed by atoms with Crippen LogP contribution < -0.4 is 20.7 Å². The number of nitrogens with zero attached hydrogens (tertiary/aromatic N) is 4. The summed E-state index contributed by atoms with van der Waals surface area (Å²) in [6.07, 6.45) is 3.58. The first-order chi connectivity index (χ1) is 17.5. The Labute approximate surface area is 215 Å². The van der Waals surface area contributed by atoms with Crippen LogP contribution in [0.3, 0.4) is 0 Å². The molecule has 10 heteroatoms. The molecule has 1 aromatic carbocycles. The molecule has 3 heterocycles. The molecule has 3 fully saturated rings. The Morgan fingerprint density at radius 1 is 1.22 bits per heavy atom. The summed E-state index contributed by atoms with van der Waals surface area (Å²) in [5, 5.41) is 3.66. The predicted molar refractivity (Wildman–Crippen MR) is 139 cm³/mol. The number of nitrogens with one attached hydrogen (secondary N) is 1. The maximum absolute atomic E-state index is 14.8. The highest BCUT2D eigenvalue weighted by molar-refractivity contribution is 7.99. The summed E-state index contributed by atoms with van der Waals surface area (Å²) in [4.78, 5) is 25.8. The van der Waals surface area contributed by atoms with Crippen LogP contribution in [0.5, 0.6) is 5.75 Å². The standard InChI is InChI=1S/C26H33FN6O2S/c1-32-4-6-33(7-5-32)21-3-2-16-12-22(21)35-8-9-36-23-11-15-10-17(23)18(24(15)25(28)34)13-20-19(27)14-29-26(30-16)31-20/h2-3,12,14-15,17-18,23-24H,4-11,13H2,1H3,(H2,28,34)(H,29,30,31)/t15-,17-,18+,23+,24-/m0/s1. The molecular weight excluding hydrogens is 479 g/mol. The van der Waals surface area contributed by atoms with Gasteiger partial charge in [-0.15, -0.1) is 0 Å². The van der Waals surface area contributed by atoms with Crippen LogP contribution in [0.25, 0.3) is 0 Å². The van der Waals surface area contributed by atoms with Crippen LogP contribution in [0, 0.1) is 29.5 Å². The SMILES string of the molecule is CN1CCN(c2ccc3cc2OCCS[C@@H]2C[C@@H]4C[C@H]2[C@@H](Cc2nc(ncc2F)N3)[C@H]4C(N)=O)CC1. The van der Waals surface area contributed by atoms with Crippen LogP contribution in [0.2, 0.25) is 0 Å². The maximum atomic E-state index is 14.8. The zero-order valence-electron chi connectivity index (χ0n) is 20.5. The minimum absolute atomic E-state index is 0.00642. The Morgan fingerprint density at radius 3 is 2.86 bits per heavy atom. The van der Waals surface area contributed by atoms with Crippen molar-refractivity contribution in [2.45, 2.75) is 24.5 Å². The second-order valence-electron chi connectivity index (χ2n) is 10.5. The van der Waals surface area contributed by atoms with Gasteiger partial charge in [-0.1, -0.05) is 0 Å². The van der Waals surface area contributed by atoms with Gasteiger partial charge in [-0.2, -0.15) is 11.8 Å². The number of rotatable bonds is 2. The van der Waals surface area contributed by atoms with Crippen LogP contribution in [0.1, 0.15) is 18.5 Å². The normalized spacial score (nSPS) is 30.2. The van der Waals surface area contributed by atoms with Gasteiger partial charge in [0, 0.05) is 54.9 Å². The molecule has 36 heavy (non-hydrogen) atoms. The first kappa shape index (κ1) is 23.8. The summed E-state index contributed by atoms with van der Waals surface area (Å²) >= 11 is 1.92. The Balaban J connectivity index is 1.32. The summed E-state index contributed by atoms with van der Waals surface area (Å²) in [7, 11) is 2.15. The van der Waals surface area contributed by atoms with E-state index in [1.807, 2.05) is 23.9 Å². The molecule has 2 aliphatic carbocycles. The average molecular weight is 513 g/mol. The number of primary amides is 1. The second kappa shape index (κ2) is 9.70. The van der Waals surface area contributed by atoms with Crippen molar-refractivity contribution in [2.24, 2.45) is 29.4 Å². The molecule has 6 bridgehead atoms. The molecule has 0 spiro atoms. The topological polar surface area (TPSA) is 96.6 Å². The van der Waals surface area contributed by atoms with E-state index in [4.69, 9.17) is 10.5 Å². The quantitative estimate of drug-likeness (QED) is 0.634. The number of aromatic nitrogens is 2. The molecular formula is C26H33FN6O2S. The third kappa shape index (κ3) is 4.49. The summed E-state index contributed by atoms with van der Waals surface area (Å²) in [5.41, 5.74) is 8.06. The van der Waals surface area contributed by atoms with E-state index in [-0.39, 0.29) is 23.7 Å². The van der Waals surface area contributed by atoms with Crippen molar-refractivity contribution in [2.75, 3.05) is 55.8 Å². The number of fused-ring (bicyclic) bond motifs is 5. The summed E-state index contributed by atoms with van der Waals surface area (Å²) in [5.74, 6) is 1.73. The lowest BCUT2D eigenvalue weighted by Gasteiger charge is -2.35. The van der Waals surface area contributed by atoms with Crippen LogP contribution >= 0.6 is 11.8 Å². The zero-order valence-corrected chi connectivity index (χ0v) is 21.3. The fraction of sp³-hybridized carbons (Fsp3) is 0.577. The average Bonchev–Trinajstić information content (AvgIpc) is 3.42. The van der Waals surface area contributed by atoms with E-state index in [2.05, 4.69) is 38.2 Å². The summed E-state index contributed by atoms with van der Waals surface area (Å²) in [6.45, 7) is 4.53. The Morgan fingerprint density at radius 2 is 2.06 bits per heavy atom. The molecule has 1 amide bonds. The fourth-order valence-corrected chi connectivity index (χ4v) is 8.09. The number of halogens is 1. The van der Waals surface area contributed by atoms with Crippen LogP contribution in [0.15, 0.2) is 24.4 Å². The smallest absolute Gasteiger partial charge is 0.227 e. The number of amides is 1. The lowest BCUT2D eigenvalue weighted by Crippen LogP contribution is -2.44. The van der Waals surface area contributed by atoms with Gasteiger partial charge in [0.25, 0.3) is 0 Å². The largest absolute Gasteiger partial charge is 0.490 e. The number of likely N-dealkylation sites (N-methyl/N-ethyl adjacent to an activating group) is 1. The van der Waals surface area contributed by atoms with E-state index in [1.165, 1.54) is 6.20 Å². The Hall–Kier alpha value is -2.59. The van der Waals surface area contributed by atoms with Gasteiger partial charge in [0.2, 0.25) is 11.9 Å². The van der Waals surface area contributed by atoms with Gasteiger partial charge >= 0.3 is 0 Å². The first-order valence-corrected chi connectivity index (χ1v) is 13.9. The van der Waals surface area contributed by atoms with Crippen molar-refractivity contribution in [1.82, 2.24) is 14.9 Å². The highest BCUT2D eigenvalue weighted by Gasteiger charge is 2.54. The number of benzene rings is 1. The van der Waals surface area contributed by atoms with E-state index in [0.717, 1.165) is 61.9 Å². The van der Waals surface area contributed by atoms with Crippen molar-refractivity contribution in [1.29, 1.82) is 0 Å². The Bertz CT molecular complexity index is 1140. The van der Waals surface area contributed by atoms with Crippen LogP contribution in [0.4, 0.5) is 21.7 Å². The molecule has 2 aromatic rings. The van der Waals surface area contributed by atoms with Gasteiger partial charge in [0.15, 0.2) is 5.82 Å². The van der Waals surface area contributed by atoms with Gasteiger partial charge in [-0.3, -0.25) is 4.79 Å². The predicted octanol–water partition coefficient (Wildman–Crippen LogP) is 2.91. The summed E-state index contributed by atoms with van der Waals surface area (Å²) in [6, 6.07) is 6.06. The Kier molecular flexibility index (Phi) is 6.41. The molecule has 8 nitrogen and oxygen atoms in total. The van der Waals surface area contributed by atoms with Gasteiger partial charge in [0.05, 0.1) is 24.2 Å². The molecule has 1 aromatic heterocycles. The van der Waals surface area contributed by atoms with Crippen LogP contribution in [-0.4, -0.2) is 71.6 Å². The number of nitrogens with two attached hydrogens (primary N) is 1. The van der Waals surface area contributed by atoms with Gasteiger partial charge in [0.1, 0.15) is 5.75 Å². The van der Waals surface area contributed by atoms with E-state index >= 15 is 0 Å². The minimum Gasteiger partial charge on any atom is -0.490 e. The molecule has 2 aliphatic heterocycles. The van der Waals surface area contributed by atoms with Gasteiger partial charge in [-0.25, -0.2) is 14.4 Å². The number of hydrogen-bond donors (Lipinski definition) is 2. The molecule has 0 radical (unpaired) electrons. The number of thioether (sulfide) groups is 1. The minimum atomic E-state index is -0.436. The van der Waals surface area contributed by atoms with Gasteiger partial charge in [-0.05, 0) is 56.2 Å². The number of carbonyl (C=O) groups is 1. The van der Waals surface area contributed by atoms with Crippen molar-refractivity contribution in [3.05, 3.63) is 35.9 Å². The molecule has 0 unspecified atom stereocenters. The zero-order chi connectivity index (χ0) is 24.8. The molecule has 192 valence electrons. The van der Waals surface area contributed by atoms with E-state index in [9.17, 15) is 9.18 Å². The molecule has 1 saturated heterocycles. The highest BCUT2D eigenvalue weighted by Crippen LogP contribution is 2.56. The monoisotopic (exact) mass is 512 g/mol. The lowest BCUT2D eigenvalue weighted by atomic mass is 9.76. The third-order valence-electron chi connectivity index (χ3n) is 8.41. The van der Waals surface area contributed by atoms with E-state index < -0.39 is 5.82 Å². The van der Waals surface area contributed by atoms with Crippen LogP contribution in [-0.2, 0) is 11.2 Å². The van der Waals surface area contributed by atoms with Gasteiger partial charge < -0.3 is 25.6 Å². The molecule has 4 aliphatic rings. The van der Waals surface area contributed by atoms with Crippen molar-refractivity contribution in [3.63, 3.8) is 0 Å². The van der Waals surface area contributed by atoms with E-state index in [0.29, 0.717) is 35.8 Å². The maximum Gasteiger partial charge on any atom is 0.227 e. The molecule has 5 atom stereocenters. The second-order valence-corrected chi connectivity index (χ2v) is 11.9. The molecule has 2 saturated carbocycles. The first-order valence-electron chi connectivity index (χ1n) is 12.9. The van der Waals surface area contributed by atoms with E-state index in [1.54, 1.807) is 0 Å². The molecule has 6 rings (SSSR count).